The van der Waals surface area contributed by atoms with Crippen LogP contribution in [-0.2, 0) is 0 Å². The van der Waals surface area contributed by atoms with Crippen LogP contribution in [0.3, 0.4) is 0 Å². The molecule has 2 aromatic rings. The highest BCUT2D eigenvalue weighted by Gasteiger charge is 2.22. The monoisotopic (exact) mass is 498 g/mol. The molecule has 0 fully saturated rings. The molecule has 2 N–H and O–H groups in total. The molecule has 0 aliphatic heterocycles. The molecule has 2 aromatic heterocycles. The first-order valence-corrected chi connectivity index (χ1v) is 11.0. The minimum Gasteiger partial charge on any atom is -0.488 e. The van der Waals surface area contributed by atoms with Crippen molar-refractivity contribution in [1.82, 2.24) is 19.9 Å². The zero-order chi connectivity index (χ0) is 22.8. The van der Waals surface area contributed by atoms with Crippen LogP contribution in [0.15, 0.2) is 15.1 Å². The number of hydrogen-bond donors (Lipinski definition) is 2. The second-order valence-electron chi connectivity index (χ2n) is 5.19. The number of halogens is 2. The Bertz CT molecular complexity index is 953. The van der Waals surface area contributed by atoms with E-state index in [0.717, 1.165) is 18.6 Å². The Morgan fingerprint density at radius 2 is 1.47 bits per heavy atom. The summed E-state index contributed by atoms with van der Waals surface area (Å²) in [7, 11) is 0. The van der Waals surface area contributed by atoms with E-state index in [1.807, 2.05) is 13.8 Å². The Morgan fingerprint density at radius 1 is 0.967 bits per heavy atom. The van der Waals surface area contributed by atoms with E-state index in [1.165, 1.54) is 23.5 Å². The summed E-state index contributed by atoms with van der Waals surface area (Å²) < 4.78 is 0. The summed E-state index contributed by atoms with van der Waals surface area (Å²) >= 11 is 13.8. The minimum atomic E-state index is -0.963. The molecule has 0 amide bonds. The van der Waals surface area contributed by atoms with Crippen LogP contribution in [0.5, 0.6) is 5.88 Å². The van der Waals surface area contributed by atoms with Crippen LogP contribution < -0.4 is 5.56 Å². The highest BCUT2D eigenvalue weighted by Crippen LogP contribution is 2.31. The number of H-pyrrole nitrogens is 1. The van der Waals surface area contributed by atoms with Gasteiger partial charge in [0.05, 0.1) is 9.85 Å². The number of hydrogen-bond acceptors (Lipinski definition) is 11. The van der Waals surface area contributed by atoms with Gasteiger partial charge in [-0.05, 0) is 12.8 Å². The second-order valence-corrected chi connectivity index (χ2v) is 8.05. The second kappa shape index (κ2) is 12.5. The average molecular weight is 499 g/mol. The SMILES string of the molecule is CCCSc1nc(Cl)c([N+](=O)[O-])c(Cl)n1.CCCSc1nc(O)c([N+](=O)[O-])c(=O)[nH]1. The van der Waals surface area contributed by atoms with Crippen molar-refractivity contribution in [2.45, 2.75) is 37.0 Å². The van der Waals surface area contributed by atoms with Gasteiger partial charge in [-0.2, -0.15) is 4.98 Å². The van der Waals surface area contributed by atoms with Crippen LogP contribution in [0.25, 0.3) is 0 Å². The molecule has 2 heterocycles. The summed E-state index contributed by atoms with van der Waals surface area (Å²) in [5.41, 5.74) is -2.30. The van der Waals surface area contributed by atoms with Gasteiger partial charge in [-0.3, -0.25) is 30.0 Å². The van der Waals surface area contributed by atoms with Crippen molar-refractivity contribution in [2.24, 2.45) is 0 Å². The molecule has 16 heteroatoms. The van der Waals surface area contributed by atoms with Gasteiger partial charge in [0.1, 0.15) is 0 Å². The fourth-order valence-electron chi connectivity index (χ4n) is 1.66. The van der Waals surface area contributed by atoms with Gasteiger partial charge in [-0.25, -0.2) is 9.97 Å². The predicted molar refractivity (Wildman–Crippen MR) is 114 cm³/mol. The Balaban J connectivity index is 0.000000300. The first-order valence-electron chi connectivity index (χ1n) is 8.22. The number of nitrogens with zero attached hydrogens (tertiary/aromatic N) is 5. The van der Waals surface area contributed by atoms with Gasteiger partial charge in [0.2, 0.25) is 10.3 Å². The average Bonchev–Trinajstić information content (AvgIpc) is 2.63. The molecule has 0 atom stereocenters. The third-order valence-corrected chi connectivity index (χ3v) is 5.54. The van der Waals surface area contributed by atoms with Crippen LogP contribution in [0.4, 0.5) is 11.4 Å². The number of thioether (sulfide) groups is 2. The van der Waals surface area contributed by atoms with Crippen LogP contribution in [0.1, 0.15) is 26.7 Å². The van der Waals surface area contributed by atoms with Gasteiger partial charge in [-0.15, -0.1) is 0 Å². The lowest BCUT2D eigenvalue weighted by Crippen LogP contribution is -2.13. The van der Waals surface area contributed by atoms with E-state index >= 15 is 0 Å². The molecule has 30 heavy (non-hydrogen) atoms. The fourth-order valence-corrected chi connectivity index (χ4v) is 3.70. The Labute approximate surface area is 188 Å². The molecule has 12 nitrogen and oxygen atoms in total. The summed E-state index contributed by atoms with van der Waals surface area (Å²) in [6, 6.07) is 0. The van der Waals surface area contributed by atoms with E-state index < -0.39 is 32.7 Å². The molecule has 0 saturated carbocycles. The zero-order valence-corrected chi connectivity index (χ0v) is 18.8. The maximum atomic E-state index is 11.2. The standard InChI is InChI=1S/C7H7Cl2N3O2S.C7H9N3O4S/c1-2-3-15-7-10-5(8)4(12(13)14)6(9)11-7;1-2-3-15-7-8-5(11)4(10(13)14)6(12)9-7/h2-3H2,1H3;2-3H2,1H3,(H2,8,9,11,12). The molecular weight excluding hydrogens is 483 g/mol. The molecule has 2 rings (SSSR count). The van der Waals surface area contributed by atoms with Crippen LogP contribution in [0, 0.1) is 20.2 Å². The van der Waals surface area contributed by atoms with Gasteiger partial charge in [0.15, 0.2) is 10.3 Å². The number of nitrogens with one attached hydrogen (secondary N) is 1. The summed E-state index contributed by atoms with van der Waals surface area (Å²) in [6.45, 7) is 3.94. The summed E-state index contributed by atoms with van der Waals surface area (Å²) in [6.07, 6.45) is 1.81. The molecule has 0 spiro atoms. The van der Waals surface area contributed by atoms with Crippen molar-refractivity contribution in [2.75, 3.05) is 11.5 Å². The maximum absolute atomic E-state index is 11.2. The molecule has 0 bridgehead atoms. The van der Waals surface area contributed by atoms with E-state index in [-0.39, 0.29) is 15.5 Å². The largest absolute Gasteiger partial charge is 0.488 e. The highest BCUT2D eigenvalue weighted by atomic mass is 35.5. The third kappa shape index (κ3) is 7.59. The first-order chi connectivity index (χ1) is 14.1. The maximum Gasteiger partial charge on any atom is 0.395 e. The van der Waals surface area contributed by atoms with Crippen LogP contribution in [-0.4, -0.2) is 46.4 Å². The molecule has 0 aromatic carbocycles. The molecular formula is C14H16Cl2N6O6S2. The predicted octanol–water partition coefficient (Wildman–Crippen LogP) is 4.08. The third-order valence-electron chi connectivity index (χ3n) is 2.88. The Kier molecular flexibility index (Phi) is 10.8. The fraction of sp³-hybridized carbons (Fsp3) is 0.429. The lowest BCUT2D eigenvalue weighted by Gasteiger charge is -2.00. The molecule has 0 aliphatic rings. The smallest absolute Gasteiger partial charge is 0.395 e. The van der Waals surface area contributed by atoms with Gasteiger partial charge in [0, 0.05) is 11.5 Å². The zero-order valence-electron chi connectivity index (χ0n) is 15.6. The van der Waals surface area contributed by atoms with Gasteiger partial charge in [0.25, 0.3) is 5.88 Å². The molecule has 0 aliphatic carbocycles. The number of aromatic hydroxyl groups is 1. The van der Waals surface area contributed by atoms with Crippen molar-refractivity contribution in [3.63, 3.8) is 0 Å². The quantitative estimate of drug-likeness (QED) is 0.176. The number of aromatic amines is 1. The lowest BCUT2D eigenvalue weighted by molar-refractivity contribution is -0.387. The van der Waals surface area contributed by atoms with Crippen molar-refractivity contribution in [3.05, 3.63) is 40.9 Å². The summed E-state index contributed by atoms with van der Waals surface area (Å²) in [5, 5.41) is 30.1. The van der Waals surface area contributed by atoms with Crippen molar-refractivity contribution in [1.29, 1.82) is 0 Å². The molecule has 0 unspecified atom stereocenters. The molecule has 0 radical (unpaired) electrons. The Hall–Kier alpha value is -2.16. The Morgan fingerprint density at radius 3 is 1.90 bits per heavy atom. The summed E-state index contributed by atoms with van der Waals surface area (Å²) in [4.78, 5) is 43.7. The number of nitro groups is 2. The molecule has 0 saturated heterocycles. The van der Waals surface area contributed by atoms with Crippen molar-refractivity contribution >= 4 is 58.1 Å². The van der Waals surface area contributed by atoms with Crippen LogP contribution in [0.2, 0.25) is 10.3 Å². The van der Waals surface area contributed by atoms with Crippen molar-refractivity contribution in [3.8, 4) is 5.88 Å². The minimum absolute atomic E-state index is 0.185. The highest BCUT2D eigenvalue weighted by molar-refractivity contribution is 7.99. The van der Waals surface area contributed by atoms with Gasteiger partial charge < -0.3 is 5.11 Å². The lowest BCUT2D eigenvalue weighted by atomic mass is 10.5. The van der Waals surface area contributed by atoms with E-state index in [2.05, 4.69) is 19.9 Å². The molecule has 164 valence electrons. The normalized spacial score (nSPS) is 10.3. The van der Waals surface area contributed by atoms with Crippen molar-refractivity contribution < 1.29 is 15.0 Å². The number of aromatic nitrogens is 4. The van der Waals surface area contributed by atoms with E-state index in [0.29, 0.717) is 10.9 Å². The van der Waals surface area contributed by atoms with E-state index in [4.69, 9.17) is 28.3 Å². The number of rotatable bonds is 8. The van der Waals surface area contributed by atoms with E-state index in [9.17, 15) is 25.0 Å². The van der Waals surface area contributed by atoms with Gasteiger partial charge in [-0.1, -0.05) is 60.6 Å². The van der Waals surface area contributed by atoms with Crippen LogP contribution >= 0.6 is 46.7 Å². The first kappa shape index (κ1) is 25.9. The van der Waals surface area contributed by atoms with E-state index in [1.54, 1.807) is 0 Å². The topological polar surface area (TPSA) is 178 Å². The van der Waals surface area contributed by atoms with Gasteiger partial charge >= 0.3 is 16.9 Å². The summed E-state index contributed by atoms with van der Waals surface area (Å²) in [5.74, 6) is 0.673.